The molecular formula is C20H21Cl2N3O2. The van der Waals surface area contributed by atoms with Gasteiger partial charge in [0.25, 0.3) is 5.91 Å². The molecule has 0 fully saturated rings. The van der Waals surface area contributed by atoms with Crippen LogP contribution >= 0.6 is 23.2 Å². The number of halogens is 2. The maximum Gasteiger partial charge on any atom is 0.260 e. The van der Waals surface area contributed by atoms with E-state index in [-0.39, 0.29) is 12.0 Å². The third-order valence-corrected chi connectivity index (χ3v) is 5.12. The van der Waals surface area contributed by atoms with Crippen molar-refractivity contribution in [2.75, 3.05) is 18.4 Å². The molecule has 2 aromatic carbocycles. The number of ether oxygens (including phenoxy) is 1. The first-order chi connectivity index (χ1) is 13.0. The number of hydrogen-bond donors (Lipinski definition) is 1. The molecular weight excluding hydrogens is 385 g/mol. The Morgan fingerprint density at radius 2 is 2.00 bits per heavy atom. The second-order valence-electron chi connectivity index (χ2n) is 6.25. The van der Waals surface area contributed by atoms with E-state index in [2.05, 4.69) is 17.2 Å². The summed E-state index contributed by atoms with van der Waals surface area (Å²) in [6.45, 7) is 5.11. The van der Waals surface area contributed by atoms with E-state index in [0.29, 0.717) is 40.3 Å². The number of carbonyl (C=O) groups is 1. The van der Waals surface area contributed by atoms with Crippen molar-refractivity contribution in [2.45, 2.75) is 26.4 Å². The fourth-order valence-electron chi connectivity index (χ4n) is 2.62. The predicted molar refractivity (Wildman–Crippen MR) is 110 cm³/mol. The SMILES string of the molecule is CCC(C)Oc1ccc(C(=O)N2CCN=C2Nc2cccc(Cl)c2Cl)cc1. The molecule has 27 heavy (non-hydrogen) atoms. The third-order valence-electron chi connectivity index (χ3n) is 4.30. The van der Waals surface area contributed by atoms with Crippen LogP contribution in [0.3, 0.4) is 0 Å². The summed E-state index contributed by atoms with van der Waals surface area (Å²) in [4.78, 5) is 18.9. The van der Waals surface area contributed by atoms with Gasteiger partial charge in [0.05, 0.1) is 28.4 Å². The number of anilines is 1. The summed E-state index contributed by atoms with van der Waals surface area (Å²) < 4.78 is 5.76. The van der Waals surface area contributed by atoms with Crippen molar-refractivity contribution in [3.63, 3.8) is 0 Å². The minimum absolute atomic E-state index is 0.132. The molecule has 0 saturated carbocycles. The monoisotopic (exact) mass is 405 g/mol. The highest BCUT2D eigenvalue weighted by molar-refractivity contribution is 6.44. The molecule has 1 heterocycles. The Hall–Kier alpha value is -2.24. The van der Waals surface area contributed by atoms with E-state index in [1.54, 1.807) is 35.2 Å². The molecule has 1 aliphatic heterocycles. The first kappa shape index (κ1) is 19.5. The molecule has 0 bridgehead atoms. The van der Waals surface area contributed by atoms with Gasteiger partial charge in [-0.1, -0.05) is 36.2 Å². The zero-order chi connectivity index (χ0) is 19.4. The van der Waals surface area contributed by atoms with E-state index in [1.807, 2.05) is 19.1 Å². The molecule has 1 unspecified atom stereocenters. The number of nitrogens with zero attached hydrogens (tertiary/aromatic N) is 2. The molecule has 0 aliphatic carbocycles. The summed E-state index contributed by atoms with van der Waals surface area (Å²) in [6.07, 6.45) is 1.06. The summed E-state index contributed by atoms with van der Waals surface area (Å²) in [5.41, 5.74) is 1.18. The molecule has 5 nitrogen and oxygen atoms in total. The van der Waals surface area contributed by atoms with E-state index in [0.717, 1.165) is 12.2 Å². The van der Waals surface area contributed by atoms with Crippen LogP contribution in [0, 0.1) is 0 Å². The van der Waals surface area contributed by atoms with Crippen LogP contribution in [-0.2, 0) is 0 Å². The summed E-state index contributed by atoms with van der Waals surface area (Å²) in [5, 5.41) is 3.95. The van der Waals surface area contributed by atoms with Crippen LogP contribution in [-0.4, -0.2) is 36.0 Å². The van der Waals surface area contributed by atoms with E-state index >= 15 is 0 Å². The van der Waals surface area contributed by atoms with Crippen LogP contribution in [0.1, 0.15) is 30.6 Å². The Bertz CT molecular complexity index is 853. The minimum atomic E-state index is -0.132. The molecule has 1 amide bonds. The van der Waals surface area contributed by atoms with E-state index in [9.17, 15) is 4.79 Å². The number of aliphatic imine (C=N–C) groups is 1. The summed E-state index contributed by atoms with van der Waals surface area (Å²) in [5.74, 6) is 1.08. The Morgan fingerprint density at radius 3 is 2.70 bits per heavy atom. The quantitative estimate of drug-likeness (QED) is 0.752. The maximum atomic E-state index is 12.9. The van der Waals surface area contributed by atoms with Crippen molar-refractivity contribution < 1.29 is 9.53 Å². The first-order valence-electron chi connectivity index (χ1n) is 8.83. The van der Waals surface area contributed by atoms with Gasteiger partial charge in [-0.3, -0.25) is 14.7 Å². The third kappa shape index (κ3) is 4.54. The van der Waals surface area contributed by atoms with E-state index < -0.39 is 0 Å². The van der Waals surface area contributed by atoms with Crippen LogP contribution in [0.5, 0.6) is 5.75 Å². The van der Waals surface area contributed by atoms with Gasteiger partial charge in [-0.15, -0.1) is 0 Å². The highest BCUT2D eigenvalue weighted by atomic mass is 35.5. The Labute approximate surface area is 168 Å². The lowest BCUT2D eigenvalue weighted by atomic mass is 10.2. The molecule has 142 valence electrons. The number of guanidine groups is 1. The standard InChI is InChI=1S/C20H21Cl2N3O2/c1-3-13(2)27-15-9-7-14(8-10-15)19(26)25-12-11-23-20(25)24-17-6-4-5-16(21)18(17)22/h4-10,13H,3,11-12H2,1-2H3,(H,23,24). The van der Waals surface area contributed by atoms with Crippen LogP contribution in [0.15, 0.2) is 47.5 Å². The summed E-state index contributed by atoms with van der Waals surface area (Å²) in [7, 11) is 0. The average Bonchev–Trinajstić information content (AvgIpc) is 3.13. The number of hydrogen-bond acceptors (Lipinski definition) is 4. The van der Waals surface area contributed by atoms with Crippen molar-refractivity contribution in [3.8, 4) is 5.75 Å². The van der Waals surface area contributed by atoms with Crippen molar-refractivity contribution in [2.24, 2.45) is 4.99 Å². The van der Waals surface area contributed by atoms with Crippen molar-refractivity contribution in [1.82, 2.24) is 4.90 Å². The Balaban J connectivity index is 1.72. The largest absolute Gasteiger partial charge is 0.491 e. The topological polar surface area (TPSA) is 53.9 Å². The fourth-order valence-corrected chi connectivity index (χ4v) is 2.97. The highest BCUT2D eigenvalue weighted by Gasteiger charge is 2.25. The summed E-state index contributed by atoms with van der Waals surface area (Å²) in [6, 6.07) is 12.4. The van der Waals surface area contributed by atoms with Gasteiger partial charge in [0, 0.05) is 12.1 Å². The van der Waals surface area contributed by atoms with Gasteiger partial charge in [0.1, 0.15) is 5.75 Å². The molecule has 1 N–H and O–H groups in total. The first-order valence-corrected chi connectivity index (χ1v) is 9.59. The predicted octanol–water partition coefficient (Wildman–Crippen LogP) is 5.09. The Morgan fingerprint density at radius 1 is 1.26 bits per heavy atom. The molecule has 0 aromatic heterocycles. The Kier molecular flexibility index (Phi) is 6.24. The normalized spacial score (nSPS) is 14.7. The van der Waals surface area contributed by atoms with Gasteiger partial charge < -0.3 is 10.1 Å². The zero-order valence-electron chi connectivity index (χ0n) is 15.2. The molecule has 0 saturated heterocycles. The van der Waals surface area contributed by atoms with Crippen LogP contribution in [0.2, 0.25) is 10.0 Å². The van der Waals surface area contributed by atoms with Gasteiger partial charge in [-0.05, 0) is 49.7 Å². The van der Waals surface area contributed by atoms with Crippen LogP contribution in [0.4, 0.5) is 5.69 Å². The number of nitrogens with one attached hydrogen (secondary N) is 1. The lowest BCUT2D eigenvalue weighted by molar-refractivity contribution is 0.0857. The maximum absolute atomic E-state index is 12.9. The molecule has 2 aromatic rings. The molecule has 1 atom stereocenters. The van der Waals surface area contributed by atoms with Crippen molar-refractivity contribution in [1.29, 1.82) is 0 Å². The van der Waals surface area contributed by atoms with Crippen LogP contribution < -0.4 is 10.1 Å². The van der Waals surface area contributed by atoms with Gasteiger partial charge in [0.2, 0.25) is 5.96 Å². The molecule has 3 rings (SSSR count). The second-order valence-corrected chi connectivity index (χ2v) is 7.03. The second kappa shape index (κ2) is 8.63. The smallest absolute Gasteiger partial charge is 0.260 e. The van der Waals surface area contributed by atoms with E-state index in [4.69, 9.17) is 27.9 Å². The zero-order valence-corrected chi connectivity index (χ0v) is 16.7. The minimum Gasteiger partial charge on any atom is -0.491 e. The number of rotatable bonds is 5. The molecule has 0 radical (unpaired) electrons. The lowest BCUT2D eigenvalue weighted by Crippen LogP contribution is -2.38. The van der Waals surface area contributed by atoms with Gasteiger partial charge >= 0.3 is 0 Å². The lowest BCUT2D eigenvalue weighted by Gasteiger charge is -2.20. The molecule has 1 aliphatic rings. The number of carbonyl (C=O) groups excluding carboxylic acids is 1. The number of amides is 1. The fraction of sp³-hybridized carbons (Fsp3) is 0.300. The molecule has 0 spiro atoms. The summed E-state index contributed by atoms with van der Waals surface area (Å²) >= 11 is 12.3. The van der Waals surface area contributed by atoms with Crippen molar-refractivity contribution >= 4 is 40.8 Å². The van der Waals surface area contributed by atoms with E-state index in [1.165, 1.54) is 0 Å². The average molecular weight is 406 g/mol. The number of benzene rings is 2. The van der Waals surface area contributed by atoms with Gasteiger partial charge in [0.15, 0.2) is 0 Å². The van der Waals surface area contributed by atoms with Gasteiger partial charge in [-0.25, -0.2) is 0 Å². The highest BCUT2D eigenvalue weighted by Crippen LogP contribution is 2.30. The van der Waals surface area contributed by atoms with Gasteiger partial charge in [-0.2, -0.15) is 0 Å². The molecule has 7 heteroatoms. The van der Waals surface area contributed by atoms with Crippen molar-refractivity contribution in [3.05, 3.63) is 58.1 Å². The van der Waals surface area contributed by atoms with Crippen LogP contribution in [0.25, 0.3) is 0 Å².